The molecule has 18 heavy (non-hydrogen) atoms. The van der Waals surface area contributed by atoms with Crippen LogP contribution in [-0.4, -0.2) is 39.6 Å². The number of nitrogens with zero attached hydrogens (tertiary/aromatic N) is 2. The second-order valence-electron chi connectivity index (χ2n) is 4.62. The molecule has 0 aromatic carbocycles. The summed E-state index contributed by atoms with van der Waals surface area (Å²) in [6, 6.07) is 1.05. The number of aliphatic hydroxyl groups is 1. The van der Waals surface area contributed by atoms with Gasteiger partial charge in [0.25, 0.3) is 5.91 Å². The molecule has 0 aliphatic rings. The Morgan fingerprint density at radius 3 is 2.72 bits per heavy atom. The minimum absolute atomic E-state index is 0.00256. The van der Waals surface area contributed by atoms with Crippen molar-refractivity contribution in [1.82, 2.24) is 9.88 Å². The Morgan fingerprint density at radius 1 is 1.61 bits per heavy atom. The molecule has 0 aliphatic heterocycles. The molecule has 0 spiro atoms. The smallest absolute Gasteiger partial charge is 0.257 e. The lowest BCUT2D eigenvalue weighted by atomic mass is 10.1. The fraction of sp³-hybridized carbons (Fsp3) is 0.500. The van der Waals surface area contributed by atoms with Gasteiger partial charge in [0.05, 0.1) is 17.4 Å². The maximum absolute atomic E-state index is 13.1. The van der Waals surface area contributed by atoms with E-state index in [9.17, 15) is 14.3 Å². The van der Waals surface area contributed by atoms with Gasteiger partial charge in [-0.05, 0) is 26.8 Å². The number of likely N-dealkylation sites (N-methyl/N-ethyl adjacent to an activating group) is 1. The number of amides is 1. The van der Waals surface area contributed by atoms with Crippen LogP contribution >= 0.6 is 11.6 Å². The summed E-state index contributed by atoms with van der Waals surface area (Å²) in [5.74, 6) is -1.07. The van der Waals surface area contributed by atoms with Gasteiger partial charge in [0.2, 0.25) is 0 Å². The van der Waals surface area contributed by atoms with Crippen LogP contribution in [0, 0.1) is 5.82 Å². The molecule has 1 heterocycles. The zero-order chi connectivity index (χ0) is 13.9. The predicted octanol–water partition coefficient (Wildman–Crippen LogP) is 2.11. The molecule has 6 heteroatoms. The SMILES string of the molecule is CCN(CC(C)(C)O)C(=O)c1cc(F)cnc1Cl. The summed E-state index contributed by atoms with van der Waals surface area (Å²) in [7, 11) is 0. The van der Waals surface area contributed by atoms with Crippen LogP contribution in [0.15, 0.2) is 12.3 Å². The highest BCUT2D eigenvalue weighted by Crippen LogP contribution is 2.17. The highest BCUT2D eigenvalue weighted by Gasteiger charge is 2.24. The number of carbonyl (C=O) groups excluding carboxylic acids is 1. The molecule has 0 aliphatic carbocycles. The molecule has 0 unspecified atom stereocenters. The Balaban J connectivity index is 3.00. The minimum atomic E-state index is -1.03. The Hall–Kier alpha value is -1.20. The third-order valence-electron chi connectivity index (χ3n) is 2.28. The van der Waals surface area contributed by atoms with Gasteiger partial charge < -0.3 is 10.0 Å². The number of pyridine rings is 1. The lowest BCUT2D eigenvalue weighted by molar-refractivity contribution is 0.0314. The van der Waals surface area contributed by atoms with Crippen molar-refractivity contribution in [2.24, 2.45) is 0 Å². The standard InChI is InChI=1S/C12H16ClFN2O2/c1-4-16(7-12(2,3)18)11(17)9-5-8(14)6-15-10(9)13/h5-6,18H,4,7H2,1-3H3. The van der Waals surface area contributed by atoms with Crippen LogP contribution in [0.2, 0.25) is 5.15 Å². The second kappa shape index (κ2) is 5.63. The molecule has 1 aromatic rings. The Bertz CT molecular complexity index is 446. The predicted molar refractivity (Wildman–Crippen MR) is 67.1 cm³/mol. The molecule has 1 N–H and O–H groups in total. The average Bonchev–Trinajstić information content (AvgIpc) is 2.27. The van der Waals surface area contributed by atoms with Gasteiger partial charge in [-0.25, -0.2) is 9.37 Å². The fourth-order valence-corrected chi connectivity index (χ4v) is 1.72. The van der Waals surface area contributed by atoms with E-state index in [0.717, 1.165) is 12.3 Å². The van der Waals surface area contributed by atoms with Crippen molar-refractivity contribution in [2.75, 3.05) is 13.1 Å². The largest absolute Gasteiger partial charge is 0.389 e. The molecule has 0 saturated carbocycles. The normalized spacial score (nSPS) is 11.4. The van der Waals surface area contributed by atoms with Gasteiger partial charge in [0, 0.05) is 13.1 Å². The average molecular weight is 275 g/mol. The van der Waals surface area contributed by atoms with E-state index < -0.39 is 17.3 Å². The van der Waals surface area contributed by atoms with Crippen molar-refractivity contribution in [3.8, 4) is 0 Å². The van der Waals surface area contributed by atoms with Gasteiger partial charge in [-0.2, -0.15) is 0 Å². The van der Waals surface area contributed by atoms with E-state index in [-0.39, 0.29) is 17.3 Å². The van der Waals surface area contributed by atoms with Crippen molar-refractivity contribution in [3.63, 3.8) is 0 Å². The molecular formula is C12H16ClFN2O2. The molecule has 100 valence electrons. The number of hydrogen-bond acceptors (Lipinski definition) is 3. The quantitative estimate of drug-likeness (QED) is 0.856. The monoisotopic (exact) mass is 274 g/mol. The van der Waals surface area contributed by atoms with Crippen molar-refractivity contribution >= 4 is 17.5 Å². The van der Waals surface area contributed by atoms with E-state index in [1.54, 1.807) is 20.8 Å². The van der Waals surface area contributed by atoms with Crippen molar-refractivity contribution in [1.29, 1.82) is 0 Å². The van der Waals surface area contributed by atoms with Gasteiger partial charge in [0.1, 0.15) is 11.0 Å². The van der Waals surface area contributed by atoms with Gasteiger partial charge in [-0.3, -0.25) is 4.79 Å². The number of carbonyl (C=O) groups is 1. The van der Waals surface area contributed by atoms with E-state index in [0.29, 0.717) is 6.54 Å². The highest BCUT2D eigenvalue weighted by atomic mass is 35.5. The molecule has 0 radical (unpaired) electrons. The minimum Gasteiger partial charge on any atom is -0.389 e. The summed E-state index contributed by atoms with van der Waals surface area (Å²) < 4.78 is 13.1. The molecule has 0 bridgehead atoms. The Morgan fingerprint density at radius 2 is 2.22 bits per heavy atom. The number of rotatable bonds is 4. The maximum Gasteiger partial charge on any atom is 0.257 e. The first-order valence-electron chi connectivity index (χ1n) is 5.57. The zero-order valence-corrected chi connectivity index (χ0v) is 11.3. The molecule has 0 atom stereocenters. The van der Waals surface area contributed by atoms with Gasteiger partial charge in [-0.1, -0.05) is 11.6 Å². The number of halogens is 2. The first kappa shape index (κ1) is 14.9. The molecule has 1 amide bonds. The molecule has 1 rings (SSSR count). The second-order valence-corrected chi connectivity index (χ2v) is 4.98. The van der Waals surface area contributed by atoms with Crippen LogP contribution in [0.1, 0.15) is 31.1 Å². The van der Waals surface area contributed by atoms with E-state index in [4.69, 9.17) is 11.6 Å². The summed E-state index contributed by atoms with van der Waals surface area (Å²) >= 11 is 5.78. The zero-order valence-electron chi connectivity index (χ0n) is 10.6. The molecule has 0 saturated heterocycles. The Kier molecular flexibility index (Phi) is 4.65. The summed E-state index contributed by atoms with van der Waals surface area (Å²) in [6.45, 7) is 5.47. The van der Waals surface area contributed by atoms with Crippen LogP contribution in [0.25, 0.3) is 0 Å². The highest BCUT2D eigenvalue weighted by molar-refractivity contribution is 6.32. The lowest BCUT2D eigenvalue weighted by Gasteiger charge is -2.28. The molecule has 1 aromatic heterocycles. The van der Waals surface area contributed by atoms with Crippen molar-refractivity contribution < 1.29 is 14.3 Å². The molecule has 0 fully saturated rings. The summed E-state index contributed by atoms with van der Waals surface area (Å²) in [5, 5.41) is 9.68. The number of aromatic nitrogens is 1. The van der Waals surface area contributed by atoms with Crippen molar-refractivity contribution in [2.45, 2.75) is 26.4 Å². The third kappa shape index (κ3) is 3.92. The van der Waals surface area contributed by atoms with Gasteiger partial charge in [-0.15, -0.1) is 0 Å². The molecular weight excluding hydrogens is 259 g/mol. The number of hydrogen-bond donors (Lipinski definition) is 1. The molecule has 4 nitrogen and oxygen atoms in total. The maximum atomic E-state index is 13.1. The first-order chi connectivity index (χ1) is 8.24. The van der Waals surface area contributed by atoms with E-state index >= 15 is 0 Å². The summed E-state index contributed by atoms with van der Waals surface area (Å²) in [5.41, 5.74) is -1.03. The van der Waals surface area contributed by atoms with Crippen LogP contribution in [0.4, 0.5) is 4.39 Å². The van der Waals surface area contributed by atoms with E-state index in [1.807, 2.05) is 0 Å². The Labute approximate surface area is 110 Å². The van der Waals surface area contributed by atoms with Crippen LogP contribution in [0.5, 0.6) is 0 Å². The first-order valence-corrected chi connectivity index (χ1v) is 5.95. The third-order valence-corrected chi connectivity index (χ3v) is 2.58. The van der Waals surface area contributed by atoms with E-state index in [2.05, 4.69) is 4.98 Å². The van der Waals surface area contributed by atoms with Crippen LogP contribution in [0.3, 0.4) is 0 Å². The summed E-state index contributed by atoms with van der Waals surface area (Å²) in [4.78, 5) is 17.1. The van der Waals surface area contributed by atoms with Gasteiger partial charge in [0.15, 0.2) is 0 Å². The van der Waals surface area contributed by atoms with Crippen molar-refractivity contribution in [3.05, 3.63) is 28.8 Å². The van der Waals surface area contributed by atoms with Crippen LogP contribution in [-0.2, 0) is 0 Å². The van der Waals surface area contributed by atoms with Crippen LogP contribution < -0.4 is 0 Å². The lowest BCUT2D eigenvalue weighted by Crippen LogP contribution is -2.42. The topological polar surface area (TPSA) is 53.4 Å². The summed E-state index contributed by atoms with van der Waals surface area (Å²) in [6.07, 6.45) is 0.950. The van der Waals surface area contributed by atoms with Gasteiger partial charge >= 0.3 is 0 Å². The van der Waals surface area contributed by atoms with E-state index in [1.165, 1.54) is 4.90 Å². The fourth-order valence-electron chi connectivity index (χ4n) is 1.54.